The lowest BCUT2D eigenvalue weighted by Gasteiger charge is -2.30. The van der Waals surface area contributed by atoms with E-state index in [4.69, 9.17) is 4.74 Å². The standard InChI is InChI=1S/C28H43NO/c1-19-20(2)22(4)26(21(19)3)25-15-12-13-23-16-17-24(29-27(23)25)14-10-8-9-11-18-30-28(5,6)7/h12-13,15,19,24,29H,8-11,14,16-18H2,1-7H3. The second-order valence-corrected chi connectivity index (χ2v) is 10.5. The van der Waals surface area contributed by atoms with E-state index in [1.807, 2.05) is 0 Å². The van der Waals surface area contributed by atoms with Crippen LogP contribution in [0.25, 0.3) is 5.57 Å². The van der Waals surface area contributed by atoms with Crippen molar-refractivity contribution in [2.24, 2.45) is 5.92 Å². The minimum Gasteiger partial charge on any atom is -0.382 e. The molecule has 1 aromatic carbocycles. The van der Waals surface area contributed by atoms with Crippen molar-refractivity contribution < 1.29 is 4.74 Å². The van der Waals surface area contributed by atoms with E-state index in [1.54, 1.807) is 0 Å². The fraction of sp³-hybridized carbons (Fsp3) is 0.643. The molecule has 0 saturated heterocycles. The Morgan fingerprint density at radius 1 is 1.00 bits per heavy atom. The zero-order valence-electron chi connectivity index (χ0n) is 20.5. The number of benzene rings is 1. The van der Waals surface area contributed by atoms with Crippen molar-refractivity contribution in [3.05, 3.63) is 46.0 Å². The summed E-state index contributed by atoms with van der Waals surface area (Å²) < 4.78 is 5.84. The summed E-state index contributed by atoms with van der Waals surface area (Å²) in [5, 5.41) is 3.95. The van der Waals surface area contributed by atoms with E-state index in [1.165, 1.54) is 84.1 Å². The summed E-state index contributed by atoms with van der Waals surface area (Å²) in [6.07, 6.45) is 8.80. The number of nitrogens with one attached hydrogen (secondary N) is 1. The van der Waals surface area contributed by atoms with Crippen molar-refractivity contribution >= 4 is 11.3 Å². The molecule has 2 heteroatoms. The number of rotatable bonds is 8. The highest BCUT2D eigenvalue weighted by Gasteiger charge is 2.28. The van der Waals surface area contributed by atoms with Gasteiger partial charge in [-0.3, -0.25) is 0 Å². The fourth-order valence-electron chi connectivity index (χ4n) is 5.01. The summed E-state index contributed by atoms with van der Waals surface area (Å²) in [7, 11) is 0. The first-order valence-electron chi connectivity index (χ1n) is 12.1. The molecule has 1 aromatic rings. The van der Waals surface area contributed by atoms with Gasteiger partial charge in [-0.1, -0.05) is 55.5 Å². The number of hydrogen-bond donors (Lipinski definition) is 1. The quantitative estimate of drug-likeness (QED) is 0.440. The van der Waals surface area contributed by atoms with Gasteiger partial charge in [-0.15, -0.1) is 0 Å². The first-order chi connectivity index (χ1) is 14.2. The monoisotopic (exact) mass is 409 g/mol. The third kappa shape index (κ3) is 5.38. The van der Waals surface area contributed by atoms with Gasteiger partial charge in [-0.2, -0.15) is 0 Å². The molecule has 30 heavy (non-hydrogen) atoms. The molecule has 1 aliphatic heterocycles. The Kier molecular flexibility index (Phi) is 7.50. The van der Waals surface area contributed by atoms with Crippen LogP contribution in [0.1, 0.15) is 98.1 Å². The van der Waals surface area contributed by atoms with Gasteiger partial charge < -0.3 is 10.1 Å². The van der Waals surface area contributed by atoms with E-state index >= 15 is 0 Å². The number of anilines is 1. The predicted molar refractivity (Wildman–Crippen MR) is 131 cm³/mol. The molecule has 1 N–H and O–H groups in total. The Balaban J connectivity index is 1.58. The second-order valence-electron chi connectivity index (χ2n) is 10.5. The van der Waals surface area contributed by atoms with Crippen LogP contribution >= 0.6 is 0 Å². The SMILES string of the molecule is CC1=C(C)C(C)C(C)=C1c1cccc2c1NC(CCCCCCOC(C)(C)C)CC2. The molecule has 0 amide bonds. The molecule has 1 heterocycles. The molecular weight excluding hydrogens is 366 g/mol. The molecule has 0 aromatic heterocycles. The average Bonchev–Trinajstić information content (AvgIpc) is 2.89. The lowest BCUT2D eigenvalue weighted by Crippen LogP contribution is -2.26. The van der Waals surface area contributed by atoms with Crippen LogP contribution in [0.15, 0.2) is 34.9 Å². The highest BCUT2D eigenvalue weighted by Crippen LogP contribution is 2.45. The van der Waals surface area contributed by atoms with Crippen molar-refractivity contribution in [3.63, 3.8) is 0 Å². The van der Waals surface area contributed by atoms with Crippen molar-refractivity contribution in [2.45, 2.75) is 105 Å². The normalized spacial score (nSPS) is 21.8. The van der Waals surface area contributed by atoms with Gasteiger partial charge in [0.2, 0.25) is 0 Å². The minimum absolute atomic E-state index is 0.00585. The fourth-order valence-corrected chi connectivity index (χ4v) is 5.01. The van der Waals surface area contributed by atoms with Crippen LogP contribution in [0.3, 0.4) is 0 Å². The van der Waals surface area contributed by atoms with E-state index in [-0.39, 0.29) is 5.60 Å². The van der Waals surface area contributed by atoms with E-state index in [0.29, 0.717) is 12.0 Å². The highest BCUT2D eigenvalue weighted by atomic mass is 16.5. The zero-order valence-corrected chi connectivity index (χ0v) is 20.5. The van der Waals surface area contributed by atoms with Crippen molar-refractivity contribution in [1.29, 1.82) is 0 Å². The molecule has 0 radical (unpaired) electrons. The largest absolute Gasteiger partial charge is 0.382 e. The lowest BCUT2D eigenvalue weighted by molar-refractivity contribution is -0.00475. The van der Waals surface area contributed by atoms with Gasteiger partial charge in [0.1, 0.15) is 0 Å². The number of ether oxygens (including phenoxy) is 1. The Labute approximate surface area is 185 Å². The maximum Gasteiger partial charge on any atom is 0.0598 e. The number of allylic oxidation sites excluding steroid dienone is 4. The van der Waals surface area contributed by atoms with Crippen LogP contribution < -0.4 is 5.32 Å². The Morgan fingerprint density at radius 2 is 1.73 bits per heavy atom. The van der Waals surface area contributed by atoms with Gasteiger partial charge in [-0.05, 0) is 89.9 Å². The smallest absolute Gasteiger partial charge is 0.0598 e. The molecule has 0 spiro atoms. The maximum atomic E-state index is 5.84. The third-order valence-corrected chi connectivity index (χ3v) is 7.17. The molecule has 0 bridgehead atoms. The molecule has 2 aliphatic rings. The van der Waals surface area contributed by atoms with E-state index in [0.717, 1.165) is 6.61 Å². The van der Waals surface area contributed by atoms with Crippen LogP contribution in [0.5, 0.6) is 0 Å². The van der Waals surface area contributed by atoms with Crippen LogP contribution in [0, 0.1) is 5.92 Å². The molecule has 0 fully saturated rings. The lowest BCUT2D eigenvalue weighted by atomic mass is 9.88. The summed E-state index contributed by atoms with van der Waals surface area (Å²) in [4.78, 5) is 0. The van der Waals surface area contributed by atoms with Crippen molar-refractivity contribution in [2.75, 3.05) is 11.9 Å². The maximum absolute atomic E-state index is 5.84. The molecule has 2 nitrogen and oxygen atoms in total. The number of para-hydroxylation sites is 1. The molecule has 1 aliphatic carbocycles. The van der Waals surface area contributed by atoms with Crippen LogP contribution in [0.2, 0.25) is 0 Å². The summed E-state index contributed by atoms with van der Waals surface area (Å²) in [5.41, 5.74) is 10.3. The highest BCUT2D eigenvalue weighted by molar-refractivity contribution is 5.91. The van der Waals surface area contributed by atoms with Crippen molar-refractivity contribution in [1.82, 2.24) is 0 Å². The van der Waals surface area contributed by atoms with E-state index in [2.05, 4.69) is 72.0 Å². The summed E-state index contributed by atoms with van der Waals surface area (Å²) in [5.74, 6) is 0.567. The Morgan fingerprint density at radius 3 is 2.40 bits per heavy atom. The van der Waals surface area contributed by atoms with E-state index in [9.17, 15) is 0 Å². The third-order valence-electron chi connectivity index (χ3n) is 7.17. The Bertz CT molecular complexity index is 808. The molecular formula is C28H43NO. The van der Waals surface area contributed by atoms with Gasteiger partial charge in [0.25, 0.3) is 0 Å². The van der Waals surface area contributed by atoms with Gasteiger partial charge >= 0.3 is 0 Å². The summed E-state index contributed by atoms with van der Waals surface area (Å²) in [6.45, 7) is 16.6. The molecule has 2 unspecified atom stereocenters. The molecule has 166 valence electrons. The molecule has 0 saturated carbocycles. The van der Waals surface area contributed by atoms with Gasteiger partial charge in [0.05, 0.1) is 5.60 Å². The average molecular weight is 410 g/mol. The van der Waals surface area contributed by atoms with Gasteiger partial charge in [0.15, 0.2) is 0 Å². The minimum atomic E-state index is -0.00585. The second kappa shape index (κ2) is 9.73. The first-order valence-corrected chi connectivity index (χ1v) is 12.1. The molecule has 3 rings (SSSR count). The Hall–Kier alpha value is -1.54. The molecule has 2 atom stereocenters. The summed E-state index contributed by atoms with van der Waals surface area (Å²) in [6, 6.07) is 7.51. The predicted octanol–water partition coefficient (Wildman–Crippen LogP) is 7.94. The number of aryl methyl sites for hydroxylation is 1. The van der Waals surface area contributed by atoms with Crippen LogP contribution in [0.4, 0.5) is 5.69 Å². The topological polar surface area (TPSA) is 21.3 Å². The summed E-state index contributed by atoms with van der Waals surface area (Å²) >= 11 is 0. The zero-order chi connectivity index (χ0) is 21.9. The van der Waals surface area contributed by atoms with E-state index < -0.39 is 0 Å². The van der Waals surface area contributed by atoms with Crippen LogP contribution in [-0.4, -0.2) is 18.2 Å². The van der Waals surface area contributed by atoms with Crippen molar-refractivity contribution in [3.8, 4) is 0 Å². The van der Waals surface area contributed by atoms with Crippen LogP contribution in [-0.2, 0) is 11.2 Å². The first kappa shape index (κ1) is 23.1. The van der Waals surface area contributed by atoms with Gasteiger partial charge in [-0.25, -0.2) is 0 Å². The number of unbranched alkanes of at least 4 members (excludes halogenated alkanes) is 3. The van der Waals surface area contributed by atoms with Gasteiger partial charge in [0, 0.05) is 23.9 Å². The number of fused-ring (bicyclic) bond motifs is 1. The number of hydrogen-bond acceptors (Lipinski definition) is 2.